The molecule has 6 nitrogen and oxygen atoms in total. The van der Waals surface area contributed by atoms with Gasteiger partial charge < -0.3 is 20.7 Å². The first-order chi connectivity index (χ1) is 14.0. The van der Waals surface area contributed by atoms with E-state index in [0.29, 0.717) is 17.9 Å². The highest BCUT2D eigenvalue weighted by atomic mass is 19.1. The minimum Gasteiger partial charge on any atom is -0.376 e. The van der Waals surface area contributed by atoms with Crippen molar-refractivity contribution in [3.05, 3.63) is 59.9 Å². The third kappa shape index (κ3) is 4.56. The van der Waals surface area contributed by atoms with E-state index in [1.54, 1.807) is 36.4 Å². The van der Waals surface area contributed by atoms with Crippen LogP contribution < -0.4 is 16.0 Å². The third-order valence-electron chi connectivity index (χ3n) is 5.50. The summed E-state index contributed by atoms with van der Waals surface area (Å²) in [7, 11) is 0. The molecule has 3 N–H and O–H groups in total. The molecule has 2 aromatic rings. The minimum atomic E-state index is -0.577. The minimum absolute atomic E-state index is 0.0918. The van der Waals surface area contributed by atoms with E-state index in [0.717, 1.165) is 37.9 Å². The molecule has 1 heterocycles. The van der Waals surface area contributed by atoms with Crippen LogP contribution in [0.15, 0.2) is 48.5 Å². The monoisotopic (exact) mass is 397 g/mol. The van der Waals surface area contributed by atoms with Crippen LogP contribution >= 0.6 is 0 Å². The Hall–Kier alpha value is -2.93. The summed E-state index contributed by atoms with van der Waals surface area (Å²) in [6, 6.07) is 12.8. The number of nitrogens with one attached hydrogen (secondary N) is 3. The lowest BCUT2D eigenvalue weighted by Gasteiger charge is -2.16. The first-order valence-corrected chi connectivity index (χ1v) is 9.89. The molecule has 0 aromatic heterocycles. The highest BCUT2D eigenvalue weighted by Gasteiger charge is 2.51. The first-order valence-electron chi connectivity index (χ1n) is 9.89. The van der Waals surface area contributed by atoms with Gasteiger partial charge in [0.2, 0.25) is 5.91 Å². The highest BCUT2D eigenvalue weighted by Crippen LogP contribution is 2.49. The second kappa shape index (κ2) is 8.21. The molecule has 1 aliphatic carbocycles. The molecular weight excluding hydrogens is 373 g/mol. The number of carbonyl (C=O) groups excluding carboxylic acids is 2. The zero-order valence-corrected chi connectivity index (χ0v) is 16.0. The summed E-state index contributed by atoms with van der Waals surface area (Å²) in [5, 5.41) is 8.49. The van der Waals surface area contributed by atoms with Crippen molar-refractivity contribution < 1.29 is 18.7 Å². The van der Waals surface area contributed by atoms with Crippen molar-refractivity contribution in [3.8, 4) is 0 Å². The lowest BCUT2D eigenvalue weighted by molar-refractivity contribution is -0.118. The zero-order chi connectivity index (χ0) is 20.3. The molecule has 1 saturated heterocycles. The molecule has 1 aliphatic heterocycles. The largest absolute Gasteiger partial charge is 0.376 e. The van der Waals surface area contributed by atoms with Crippen LogP contribution in [0.3, 0.4) is 0 Å². The summed E-state index contributed by atoms with van der Waals surface area (Å²) in [6.07, 6.45) is 3.58. The Morgan fingerprint density at radius 1 is 1.00 bits per heavy atom. The predicted molar refractivity (Wildman–Crippen MR) is 108 cm³/mol. The van der Waals surface area contributed by atoms with Gasteiger partial charge in [0.25, 0.3) is 0 Å². The van der Waals surface area contributed by atoms with E-state index in [1.165, 1.54) is 12.1 Å². The van der Waals surface area contributed by atoms with Gasteiger partial charge in [-0.2, -0.15) is 0 Å². The first kappa shape index (κ1) is 19.4. The number of carbonyl (C=O) groups is 2. The maximum Gasteiger partial charge on any atom is 0.319 e. The fourth-order valence-corrected chi connectivity index (χ4v) is 3.62. The maximum atomic E-state index is 13.2. The van der Waals surface area contributed by atoms with Crippen LogP contribution in [0.4, 0.5) is 20.6 Å². The van der Waals surface area contributed by atoms with Crippen molar-refractivity contribution in [2.45, 2.75) is 37.2 Å². The van der Waals surface area contributed by atoms with Crippen LogP contribution in [0.5, 0.6) is 0 Å². The smallest absolute Gasteiger partial charge is 0.319 e. The number of hydrogen-bond donors (Lipinski definition) is 3. The van der Waals surface area contributed by atoms with Crippen LogP contribution in [0.25, 0.3) is 0 Å². The lowest BCUT2D eigenvalue weighted by atomic mass is 9.95. The van der Waals surface area contributed by atoms with Gasteiger partial charge in [-0.25, -0.2) is 9.18 Å². The third-order valence-corrected chi connectivity index (χ3v) is 5.50. The van der Waals surface area contributed by atoms with E-state index in [4.69, 9.17) is 4.74 Å². The summed E-state index contributed by atoms with van der Waals surface area (Å²) in [5.41, 5.74) is 1.53. The van der Waals surface area contributed by atoms with Crippen molar-refractivity contribution in [1.82, 2.24) is 5.32 Å². The molecule has 4 rings (SSSR count). The zero-order valence-electron chi connectivity index (χ0n) is 16.0. The topological polar surface area (TPSA) is 79.5 Å². The van der Waals surface area contributed by atoms with Gasteiger partial charge in [0.15, 0.2) is 0 Å². The van der Waals surface area contributed by atoms with Crippen LogP contribution in [0, 0.1) is 5.82 Å². The lowest BCUT2D eigenvalue weighted by Crippen LogP contribution is -2.35. The van der Waals surface area contributed by atoms with Gasteiger partial charge in [-0.3, -0.25) is 4.79 Å². The predicted octanol–water partition coefficient (Wildman–Crippen LogP) is 3.80. The van der Waals surface area contributed by atoms with E-state index in [-0.39, 0.29) is 23.9 Å². The Morgan fingerprint density at radius 2 is 1.66 bits per heavy atom. The van der Waals surface area contributed by atoms with Crippen molar-refractivity contribution >= 4 is 23.3 Å². The number of anilines is 2. The van der Waals surface area contributed by atoms with Gasteiger partial charge in [-0.15, -0.1) is 0 Å². The molecule has 2 aliphatic rings. The van der Waals surface area contributed by atoms with E-state index in [2.05, 4.69) is 16.0 Å². The van der Waals surface area contributed by atoms with Gasteiger partial charge in [0.1, 0.15) is 5.82 Å². The number of halogens is 1. The van der Waals surface area contributed by atoms with Crippen LogP contribution in [0.1, 0.15) is 31.2 Å². The number of amides is 3. The summed E-state index contributed by atoms with van der Waals surface area (Å²) in [4.78, 5) is 24.7. The molecule has 7 heteroatoms. The van der Waals surface area contributed by atoms with E-state index < -0.39 is 5.41 Å². The van der Waals surface area contributed by atoms with E-state index in [1.807, 2.05) is 0 Å². The van der Waals surface area contributed by atoms with Gasteiger partial charge in [-0.05, 0) is 67.6 Å². The van der Waals surface area contributed by atoms with E-state index in [9.17, 15) is 14.0 Å². The standard InChI is InChI=1S/C22H24FN3O3/c23-16-5-3-15(4-6-16)22(11-12-22)20(27)25-17-7-9-18(10-8-17)26-21(28)24-14-19-2-1-13-29-19/h3-10,19H,1-2,11-14H2,(H,25,27)(H2,24,26,28). The Bertz CT molecular complexity index is 873. The fourth-order valence-electron chi connectivity index (χ4n) is 3.62. The molecule has 0 spiro atoms. The molecule has 152 valence electrons. The number of rotatable bonds is 6. The van der Waals surface area contributed by atoms with Crippen molar-refractivity contribution in [1.29, 1.82) is 0 Å². The molecule has 1 unspecified atom stereocenters. The van der Waals surface area contributed by atoms with Crippen LogP contribution in [0.2, 0.25) is 0 Å². The van der Waals surface area contributed by atoms with Gasteiger partial charge in [0, 0.05) is 24.5 Å². The maximum absolute atomic E-state index is 13.2. The van der Waals surface area contributed by atoms with Gasteiger partial charge >= 0.3 is 6.03 Å². The molecule has 3 amide bonds. The van der Waals surface area contributed by atoms with Crippen LogP contribution in [-0.4, -0.2) is 31.2 Å². The SMILES string of the molecule is O=C(NCC1CCCO1)Nc1ccc(NC(=O)C2(c3ccc(F)cc3)CC2)cc1. The number of ether oxygens (including phenoxy) is 1. The number of urea groups is 1. The Balaban J connectivity index is 1.30. The Kier molecular flexibility index (Phi) is 5.49. The average molecular weight is 397 g/mol. The quantitative estimate of drug-likeness (QED) is 0.694. The fraction of sp³-hybridized carbons (Fsp3) is 0.364. The molecule has 0 bridgehead atoms. The highest BCUT2D eigenvalue weighted by molar-refractivity contribution is 6.01. The number of hydrogen-bond acceptors (Lipinski definition) is 3. The summed E-state index contributed by atoms with van der Waals surface area (Å²) in [5.74, 6) is -0.410. The molecule has 1 atom stereocenters. The Morgan fingerprint density at radius 3 is 2.24 bits per heavy atom. The molecule has 1 saturated carbocycles. The molecule has 2 fully saturated rings. The second-order valence-corrected chi connectivity index (χ2v) is 7.59. The summed E-state index contributed by atoms with van der Waals surface area (Å²) in [6.45, 7) is 1.25. The summed E-state index contributed by atoms with van der Waals surface area (Å²) >= 11 is 0. The Labute approximate surface area is 168 Å². The van der Waals surface area contributed by atoms with Crippen molar-refractivity contribution in [3.63, 3.8) is 0 Å². The normalized spacial score (nSPS) is 19.4. The second-order valence-electron chi connectivity index (χ2n) is 7.59. The van der Waals surface area contributed by atoms with Gasteiger partial charge in [0.05, 0.1) is 11.5 Å². The van der Waals surface area contributed by atoms with E-state index >= 15 is 0 Å². The van der Waals surface area contributed by atoms with Gasteiger partial charge in [-0.1, -0.05) is 12.1 Å². The van der Waals surface area contributed by atoms with Crippen molar-refractivity contribution in [2.75, 3.05) is 23.8 Å². The molecule has 2 aromatic carbocycles. The van der Waals surface area contributed by atoms with Crippen LogP contribution in [-0.2, 0) is 14.9 Å². The molecule has 0 radical (unpaired) electrons. The average Bonchev–Trinajstić information content (AvgIpc) is 3.37. The summed E-state index contributed by atoms with van der Waals surface area (Å²) < 4.78 is 18.6. The molecule has 29 heavy (non-hydrogen) atoms. The molecular formula is C22H24FN3O3. The number of benzene rings is 2. The van der Waals surface area contributed by atoms with Crippen molar-refractivity contribution in [2.24, 2.45) is 0 Å².